The van der Waals surface area contributed by atoms with Crippen molar-refractivity contribution in [1.82, 2.24) is 10.2 Å². The van der Waals surface area contributed by atoms with Crippen LogP contribution >= 0.6 is 0 Å². The fraction of sp³-hybridized carbons (Fsp3) is 0.250. The van der Waals surface area contributed by atoms with E-state index in [1.165, 1.54) is 4.90 Å². The van der Waals surface area contributed by atoms with Crippen LogP contribution in [0.2, 0.25) is 0 Å². The molecule has 0 spiro atoms. The summed E-state index contributed by atoms with van der Waals surface area (Å²) >= 11 is 0. The lowest BCUT2D eigenvalue weighted by Crippen LogP contribution is -2.37. The van der Waals surface area contributed by atoms with Crippen molar-refractivity contribution in [3.05, 3.63) is 24.4 Å². The molecule has 0 fully saturated rings. The lowest BCUT2D eigenvalue weighted by molar-refractivity contribution is -0.137. The molecule has 1 aliphatic heterocycles. The molecule has 0 aliphatic carbocycles. The van der Waals surface area contributed by atoms with E-state index in [1.54, 1.807) is 0 Å². The Kier molecular flexibility index (Phi) is 2.85. The van der Waals surface area contributed by atoms with Crippen molar-refractivity contribution in [3.8, 4) is 0 Å². The third-order valence-electron chi connectivity index (χ3n) is 1.66. The molecule has 1 rings (SSSR count). The SMILES string of the molecule is C=C1NC(=O)C(F)=CN1CCC(=O)O. The third-order valence-corrected chi connectivity index (χ3v) is 1.66. The molecule has 1 aliphatic rings. The van der Waals surface area contributed by atoms with Gasteiger partial charge >= 0.3 is 5.97 Å². The molecule has 0 aromatic carbocycles. The van der Waals surface area contributed by atoms with E-state index in [0.717, 1.165) is 6.20 Å². The first-order chi connectivity index (χ1) is 6.50. The Morgan fingerprint density at radius 2 is 2.36 bits per heavy atom. The van der Waals surface area contributed by atoms with Gasteiger partial charge in [0, 0.05) is 12.7 Å². The first-order valence-electron chi connectivity index (χ1n) is 3.86. The zero-order chi connectivity index (χ0) is 10.7. The van der Waals surface area contributed by atoms with E-state index in [2.05, 4.69) is 11.9 Å². The van der Waals surface area contributed by atoms with Gasteiger partial charge in [-0.2, -0.15) is 4.39 Å². The number of aliphatic carboxylic acids is 1. The second-order valence-electron chi connectivity index (χ2n) is 2.71. The number of hydrogen-bond donors (Lipinski definition) is 2. The Morgan fingerprint density at radius 1 is 1.71 bits per heavy atom. The summed E-state index contributed by atoms with van der Waals surface area (Å²) in [4.78, 5) is 22.2. The minimum Gasteiger partial charge on any atom is -0.481 e. The Balaban J connectivity index is 2.65. The standard InChI is InChI=1S/C8H9FN2O3/c1-5-10-8(14)6(9)4-11(5)3-2-7(12)13/h4H,1-3H2,(H,10,14)(H,12,13). The summed E-state index contributed by atoms with van der Waals surface area (Å²) < 4.78 is 12.7. The molecule has 1 heterocycles. The molecule has 0 saturated heterocycles. The van der Waals surface area contributed by atoms with Gasteiger partial charge < -0.3 is 15.3 Å². The largest absolute Gasteiger partial charge is 0.481 e. The number of nitrogens with one attached hydrogen (secondary N) is 1. The molecule has 2 N–H and O–H groups in total. The maximum atomic E-state index is 12.7. The van der Waals surface area contributed by atoms with E-state index in [-0.39, 0.29) is 18.8 Å². The lowest BCUT2D eigenvalue weighted by atomic mass is 10.3. The minimum absolute atomic E-state index is 0.0713. The Hall–Kier alpha value is -1.85. The molecule has 6 heteroatoms. The molecule has 5 nitrogen and oxygen atoms in total. The van der Waals surface area contributed by atoms with Crippen molar-refractivity contribution in [3.63, 3.8) is 0 Å². The monoisotopic (exact) mass is 200 g/mol. The molecule has 0 unspecified atom stereocenters. The average Bonchev–Trinajstić information content (AvgIpc) is 2.09. The molecule has 1 amide bonds. The Bertz CT molecular complexity index is 325. The van der Waals surface area contributed by atoms with Gasteiger partial charge in [0.25, 0.3) is 5.91 Å². The first kappa shape index (κ1) is 10.2. The van der Waals surface area contributed by atoms with Gasteiger partial charge in [-0.3, -0.25) is 9.59 Å². The summed E-state index contributed by atoms with van der Waals surface area (Å²) in [5, 5.41) is 10.5. The van der Waals surface area contributed by atoms with Gasteiger partial charge in [0.1, 0.15) is 5.82 Å². The molecule has 0 radical (unpaired) electrons. The maximum absolute atomic E-state index is 12.7. The highest BCUT2D eigenvalue weighted by molar-refractivity contribution is 5.93. The van der Waals surface area contributed by atoms with Crippen molar-refractivity contribution in [2.45, 2.75) is 6.42 Å². The number of hydrogen-bond acceptors (Lipinski definition) is 3. The van der Waals surface area contributed by atoms with Crippen LogP contribution in [-0.4, -0.2) is 28.4 Å². The fourth-order valence-corrected chi connectivity index (χ4v) is 0.952. The van der Waals surface area contributed by atoms with Crippen LogP contribution in [0.15, 0.2) is 24.4 Å². The van der Waals surface area contributed by atoms with Gasteiger partial charge in [-0.25, -0.2) is 0 Å². The number of halogens is 1. The molecular weight excluding hydrogens is 191 g/mol. The summed E-state index contributed by atoms with van der Waals surface area (Å²) in [6.07, 6.45) is 0.781. The third kappa shape index (κ3) is 2.32. The van der Waals surface area contributed by atoms with Crippen LogP contribution in [0.5, 0.6) is 0 Å². The molecule has 76 valence electrons. The smallest absolute Gasteiger partial charge is 0.305 e. The van der Waals surface area contributed by atoms with E-state index < -0.39 is 17.7 Å². The quantitative estimate of drug-likeness (QED) is 0.681. The minimum atomic E-state index is -0.997. The van der Waals surface area contributed by atoms with Crippen LogP contribution in [-0.2, 0) is 9.59 Å². The van der Waals surface area contributed by atoms with Crippen LogP contribution in [0, 0.1) is 0 Å². The Morgan fingerprint density at radius 3 is 2.93 bits per heavy atom. The van der Waals surface area contributed by atoms with Crippen LogP contribution < -0.4 is 5.32 Å². The van der Waals surface area contributed by atoms with Crippen molar-refractivity contribution in [2.75, 3.05) is 6.54 Å². The van der Waals surface area contributed by atoms with E-state index in [9.17, 15) is 14.0 Å². The highest BCUT2D eigenvalue weighted by atomic mass is 19.1. The fourth-order valence-electron chi connectivity index (χ4n) is 0.952. The summed E-state index contributed by atoms with van der Waals surface area (Å²) in [5.41, 5.74) is 0. The molecule has 0 aromatic heterocycles. The van der Waals surface area contributed by atoms with Crippen LogP contribution in [0.25, 0.3) is 0 Å². The normalized spacial score (nSPS) is 16.4. The van der Waals surface area contributed by atoms with Gasteiger partial charge in [0.15, 0.2) is 0 Å². The van der Waals surface area contributed by atoms with Crippen molar-refractivity contribution in [2.24, 2.45) is 0 Å². The molecule has 0 atom stereocenters. The lowest BCUT2D eigenvalue weighted by Gasteiger charge is -2.25. The maximum Gasteiger partial charge on any atom is 0.305 e. The topological polar surface area (TPSA) is 69.6 Å². The summed E-state index contributed by atoms with van der Waals surface area (Å²) in [6.45, 7) is 3.52. The highest BCUT2D eigenvalue weighted by Gasteiger charge is 2.20. The molecule has 14 heavy (non-hydrogen) atoms. The van der Waals surface area contributed by atoms with E-state index in [0.29, 0.717) is 0 Å². The predicted octanol–water partition coefficient (Wildman–Crippen LogP) is 0.175. The van der Waals surface area contributed by atoms with Crippen LogP contribution in [0.3, 0.4) is 0 Å². The zero-order valence-electron chi connectivity index (χ0n) is 7.29. The van der Waals surface area contributed by atoms with E-state index in [1.807, 2.05) is 0 Å². The van der Waals surface area contributed by atoms with E-state index >= 15 is 0 Å². The van der Waals surface area contributed by atoms with Gasteiger partial charge in [-0.1, -0.05) is 6.58 Å². The number of carbonyl (C=O) groups excluding carboxylic acids is 1. The van der Waals surface area contributed by atoms with Crippen molar-refractivity contribution in [1.29, 1.82) is 0 Å². The Labute approximate surface area is 79.5 Å². The first-order valence-corrected chi connectivity index (χ1v) is 3.86. The summed E-state index contributed by atoms with van der Waals surface area (Å²) in [7, 11) is 0. The predicted molar refractivity (Wildman–Crippen MR) is 45.4 cm³/mol. The molecule has 0 bridgehead atoms. The molecule has 0 aromatic rings. The van der Waals surface area contributed by atoms with Crippen LogP contribution in [0.1, 0.15) is 6.42 Å². The zero-order valence-corrected chi connectivity index (χ0v) is 7.29. The summed E-state index contributed by atoms with van der Waals surface area (Å²) in [5.74, 6) is -2.63. The van der Waals surface area contributed by atoms with Crippen LogP contribution in [0.4, 0.5) is 4.39 Å². The van der Waals surface area contributed by atoms with Crippen molar-refractivity contribution >= 4 is 11.9 Å². The van der Waals surface area contributed by atoms with Gasteiger partial charge in [-0.05, 0) is 0 Å². The second-order valence-corrected chi connectivity index (χ2v) is 2.71. The number of rotatable bonds is 3. The number of carbonyl (C=O) groups is 2. The second kappa shape index (κ2) is 3.91. The van der Waals surface area contributed by atoms with E-state index in [4.69, 9.17) is 5.11 Å². The van der Waals surface area contributed by atoms with Crippen molar-refractivity contribution < 1.29 is 19.1 Å². The van der Waals surface area contributed by atoms with Gasteiger partial charge in [-0.15, -0.1) is 0 Å². The average molecular weight is 200 g/mol. The number of carboxylic acids is 1. The summed E-state index contributed by atoms with van der Waals surface area (Å²) in [6, 6.07) is 0. The molecule has 0 saturated carbocycles. The number of carboxylic acid groups (broad SMARTS) is 1. The van der Waals surface area contributed by atoms with Gasteiger partial charge in [0.05, 0.1) is 6.42 Å². The molecular formula is C8H9FN2O3. The number of amides is 1. The number of nitrogens with zero attached hydrogens (tertiary/aromatic N) is 1. The highest BCUT2D eigenvalue weighted by Crippen LogP contribution is 2.12. The van der Waals surface area contributed by atoms with Gasteiger partial charge in [0.2, 0.25) is 5.83 Å².